The van der Waals surface area contributed by atoms with Gasteiger partial charge in [-0.15, -0.1) is 11.3 Å². The van der Waals surface area contributed by atoms with E-state index in [1.165, 1.54) is 30.8 Å². The Morgan fingerprint density at radius 1 is 1.53 bits per heavy atom. The van der Waals surface area contributed by atoms with E-state index in [9.17, 15) is 0 Å². The van der Waals surface area contributed by atoms with Gasteiger partial charge in [-0.05, 0) is 39.3 Å². The van der Waals surface area contributed by atoms with Crippen molar-refractivity contribution in [3.05, 3.63) is 16.6 Å². The summed E-state index contributed by atoms with van der Waals surface area (Å²) in [5.41, 5.74) is 0. The Bertz CT molecular complexity index is 265. The van der Waals surface area contributed by atoms with Crippen LogP contribution in [-0.4, -0.2) is 24.1 Å². The fourth-order valence-electron chi connectivity index (χ4n) is 2.06. The maximum atomic E-state index is 4.35. The molecule has 2 unspecified atom stereocenters. The quantitative estimate of drug-likeness (QED) is 0.825. The van der Waals surface area contributed by atoms with E-state index < -0.39 is 0 Å². The summed E-state index contributed by atoms with van der Waals surface area (Å²) < 4.78 is 0. The summed E-state index contributed by atoms with van der Waals surface area (Å²) >= 11 is 1.74. The molecule has 4 heteroatoms. The lowest BCUT2D eigenvalue weighted by molar-refractivity contribution is 0.420. The van der Waals surface area contributed by atoms with Crippen LogP contribution in [0.4, 0.5) is 0 Å². The number of thiazole rings is 1. The van der Waals surface area contributed by atoms with Crippen LogP contribution >= 0.6 is 11.3 Å². The van der Waals surface area contributed by atoms with Crippen LogP contribution in [0, 0.1) is 0 Å². The van der Waals surface area contributed by atoms with Crippen LogP contribution in [-0.2, 0) is 0 Å². The van der Waals surface area contributed by atoms with Gasteiger partial charge in [0.05, 0.1) is 6.04 Å². The molecule has 1 saturated heterocycles. The Morgan fingerprint density at radius 3 is 3.27 bits per heavy atom. The third-order valence-electron chi connectivity index (χ3n) is 2.88. The fraction of sp³-hybridized carbons (Fsp3) is 0.727. The van der Waals surface area contributed by atoms with Crippen molar-refractivity contribution in [1.29, 1.82) is 0 Å². The Labute approximate surface area is 95.3 Å². The average molecular weight is 225 g/mol. The summed E-state index contributed by atoms with van der Waals surface area (Å²) in [7, 11) is 0. The van der Waals surface area contributed by atoms with Gasteiger partial charge in [0.1, 0.15) is 5.01 Å². The van der Waals surface area contributed by atoms with Crippen molar-refractivity contribution in [3.63, 3.8) is 0 Å². The molecule has 1 aromatic heterocycles. The highest BCUT2D eigenvalue weighted by atomic mass is 32.1. The first kappa shape index (κ1) is 11.0. The molecule has 15 heavy (non-hydrogen) atoms. The topological polar surface area (TPSA) is 37.0 Å². The Morgan fingerprint density at radius 2 is 2.47 bits per heavy atom. The van der Waals surface area contributed by atoms with Crippen LogP contribution in [0.25, 0.3) is 0 Å². The third kappa shape index (κ3) is 3.26. The molecule has 0 amide bonds. The van der Waals surface area contributed by atoms with Crippen molar-refractivity contribution in [3.8, 4) is 0 Å². The lowest BCUT2D eigenvalue weighted by atomic mass is 10.1. The molecule has 0 aliphatic carbocycles. The molecule has 1 aromatic rings. The van der Waals surface area contributed by atoms with E-state index in [2.05, 4.69) is 22.5 Å². The van der Waals surface area contributed by atoms with Crippen LogP contribution in [0.2, 0.25) is 0 Å². The lowest BCUT2D eigenvalue weighted by Crippen LogP contribution is -2.32. The number of hydrogen-bond donors (Lipinski definition) is 2. The molecule has 2 heterocycles. The normalized spacial score (nSPS) is 24.7. The summed E-state index contributed by atoms with van der Waals surface area (Å²) in [4.78, 5) is 4.35. The van der Waals surface area contributed by atoms with Gasteiger partial charge in [0.15, 0.2) is 0 Å². The molecule has 2 N–H and O–H groups in total. The van der Waals surface area contributed by atoms with E-state index >= 15 is 0 Å². The molecular formula is C11H19N3S. The maximum Gasteiger partial charge on any atom is 0.109 e. The van der Waals surface area contributed by atoms with Gasteiger partial charge in [0.2, 0.25) is 0 Å². The molecule has 2 rings (SSSR count). The molecule has 84 valence electrons. The average Bonchev–Trinajstić information content (AvgIpc) is 2.65. The SMILES string of the molecule is CC(NC1CCCNCC1)c1nccs1. The second-order valence-electron chi connectivity index (χ2n) is 4.14. The van der Waals surface area contributed by atoms with Gasteiger partial charge >= 0.3 is 0 Å². The monoisotopic (exact) mass is 225 g/mol. The highest BCUT2D eigenvalue weighted by Crippen LogP contribution is 2.17. The second kappa shape index (κ2) is 5.58. The van der Waals surface area contributed by atoms with Crippen molar-refractivity contribution < 1.29 is 0 Å². The van der Waals surface area contributed by atoms with Gasteiger partial charge in [0, 0.05) is 17.6 Å². The van der Waals surface area contributed by atoms with Crippen LogP contribution in [0.1, 0.15) is 37.2 Å². The van der Waals surface area contributed by atoms with E-state index in [0.717, 1.165) is 6.54 Å². The minimum absolute atomic E-state index is 0.396. The predicted molar refractivity (Wildman–Crippen MR) is 64.2 cm³/mol. The largest absolute Gasteiger partial charge is 0.317 e. The van der Waals surface area contributed by atoms with E-state index in [4.69, 9.17) is 0 Å². The molecule has 0 saturated carbocycles. The number of aromatic nitrogens is 1. The summed E-state index contributed by atoms with van der Waals surface area (Å²) in [5.74, 6) is 0. The second-order valence-corrected chi connectivity index (χ2v) is 5.06. The smallest absolute Gasteiger partial charge is 0.109 e. The molecule has 1 fully saturated rings. The zero-order valence-corrected chi connectivity index (χ0v) is 10.0. The highest BCUT2D eigenvalue weighted by Gasteiger charge is 2.16. The maximum absolute atomic E-state index is 4.35. The lowest BCUT2D eigenvalue weighted by Gasteiger charge is -2.20. The van der Waals surface area contributed by atoms with Gasteiger partial charge < -0.3 is 10.6 Å². The molecule has 1 aliphatic heterocycles. The number of rotatable bonds is 3. The van der Waals surface area contributed by atoms with Crippen LogP contribution in [0.15, 0.2) is 11.6 Å². The number of nitrogens with zero attached hydrogens (tertiary/aromatic N) is 1. The molecule has 3 nitrogen and oxygen atoms in total. The Kier molecular flexibility index (Phi) is 4.11. The zero-order valence-electron chi connectivity index (χ0n) is 9.20. The predicted octanol–water partition coefficient (Wildman–Crippen LogP) is 1.94. The Balaban J connectivity index is 1.84. The first-order valence-corrected chi connectivity index (χ1v) is 6.60. The molecular weight excluding hydrogens is 206 g/mol. The summed E-state index contributed by atoms with van der Waals surface area (Å²) in [6.45, 7) is 4.52. The first-order valence-electron chi connectivity index (χ1n) is 5.72. The Hall–Kier alpha value is -0.450. The molecule has 0 radical (unpaired) electrons. The van der Waals surface area contributed by atoms with Gasteiger partial charge in [-0.3, -0.25) is 0 Å². The first-order chi connectivity index (χ1) is 7.36. The standard InChI is InChI=1S/C11H19N3S/c1-9(11-13-7-8-15-11)14-10-3-2-5-12-6-4-10/h7-10,12,14H,2-6H2,1H3. The van der Waals surface area contributed by atoms with Crippen molar-refractivity contribution in [2.45, 2.75) is 38.3 Å². The minimum atomic E-state index is 0.396. The third-order valence-corrected chi connectivity index (χ3v) is 3.84. The summed E-state index contributed by atoms with van der Waals surface area (Å²) in [6, 6.07) is 1.05. The van der Waals surface area contributed by atoms with Crippen molar-refractivity contribution >= 4 is 11.3 Å². The van der Waals surface area contributed by atoms with Crippen LogP contribution < -0.4 is 10.6 Å². The van der Waals surface area contributed by atoms with E-state index in [1.807, 2.05) is 11.6 Å². The minimum Gasteiger partial charge on any atom is -0.317 e. The van der Waals surface area contributed by atoms with Crippen molar-refractivity contribution in [1.82, 2.24) is 15.6 Å². The number of nitrogens with one attached hydrogen (secondary N) is 2. The van der Waals surface area contributed by atoms with Crippen LogP contribution in [0.5, 0.6) is 0 Å². The molecule has 0 spiro atoms. The molecule has 1 aliphatic rings. The molecule has 2 atom stereocenters. The van der Waals surface area contributed by atoms with Crippen molar-refractivity contribution in [2.24, 2.45) is 0 Å². The number of hydrogen-bond acceptors (Lipinski definition) is 4. The van der Waals surface area contributed by atoms with Crippen LogP contribution in [0.3, 0.4) is 0 Å². The highest BCUT2D eigenvalue weighted by molar-refractivity contribution is 7.09. The van der Waals surface area contributed by atoms with Gasteiger partial charge in [-0.25, -0.2) is 4.98 Å². The van der Waals surface area contributed by atoms with Gasteiger partial charge in [-0.2, -0.15) is 0 Å². The molecule has 0 aromatic carbocycles. The van der Waals surface area contributed by atoms with E-state index in [0.29, 0.717) is 12.1 Å². The van der Waals surface area contributed by atoms with Gasteiger partial charge in [0.25, 0.3) is 0 Å². The fourth-order valence-corrected chi connectivity index (χ4v) is 2.71. The zero-order chi connectivity index (χ0) is 10.5. The van der Waals surface area contributed by atoms with E-state index in [1.54, 1.807) is 11.3 Å². The summed E-state index contributed by atoms with van der Waals surface area (Å²) in [5, 5.41) is 10.3. The summed E-state index contributed by atoms with van der Waals surface area (Å²) in [6.07, 6.45) is 5.67. The van der Waals surface area contributed by atoms with Crippen molar-refractivity contribution in [2.75, 3.05) is 13.1 Å². The molecule has 0 bridgehead atoms. The van der Waals surface area contributed by atoms with Gasteiger partial charge in [-0.1, -0.05) is 0 Å². The van der Waals surface area contributed by atoms with E-state index in [-0.39, 0.29) is 0 Å².